The van der Waals surface area contributed by atoms with Crippen molar-refractivity contribution in [2.75, 3.05) is 19.7 Å². The number of likely N-dealkylation sites (tertiary alicyclic amines) is 1. The number of nitrogens with one attached hydrogen (secondary N) is 1. The van der Waals surface area contributed by atoms with E-state index in [1.54, 1.807) is 0 Å². The zero-order chi connectivity index (χ0) is 12.5. The van der Waals surface area contributed by atoms with E-state index in [0.717, 1.165) is 37.8 Å². The molecule has 4 nitrogen and oxygen atoms in total. The van der Waals surface area contributed by atoms with Crippen molar-refractivity contribution in [3.8, 4) is 0 Å². The largest absolute Gasteiger partial charge is 0.396 e. The fraction of sp³-hybridized carbons (Fsp3) is 0.929. The molecule has 0 radical (unpaired) electrons. The first kappa shape index (κ1) is 12.3. The van der Waals surface area contributed by atoms with Crippen LogP contribution in [0.25, 0.3) is 0 Å². The molecule has 1 saturated heterocycles. The molecule has 2 amide bonds. The van der Waals surface area contributed by atoms with E-state index < -0.39 is 0 Å². The lowest BCUT2D eigenvalue weighted by Gasteiger charge is -2.32. The van der Waals surface area contributed by atoms with Gasteiger partial charge in [0.2, 0.25) is 0 Å². The maximum Gasteiger partial charge on any atom is 0.317 e. The minimum absolute atomic E-state index is 0.134. The number of piperidine rings is 1. The minimum atomic E-state index is 0.134. The van der Waals surface area contributed by atoms with Gasteiger partial charge in [0.25, 0.3) is 0 Å². The summed E-state index contributed by atoms with van der Waals surface area (Å²) in [4.78, 5) is 14.2. The molecule has 18 heavy (non-hydrogen) atoms. The van der Waals surface area contributed by atoms with Crippen LogP contribution >= 0.6 is 0 Å². The van der Waals surface area contributed by atoms with Crippen molar-refractivity contribution in [2.24, 2.45) is 17.8 Å². The van der Waals surface area contributed by atoms with Crippen molar-refractivity contribution in [3.63, 3.8) is 0 Å². The number of hydrogen-bond donors (Lipinski definition) is 2. The second-order valence-electron chi connectivity index (χ2n) is 6.26. The van der Waals surface area contributed by atoms with E-state index >= 15 is 0 Å². The number of urea groups is 1. The number of hydrogen-bond acceptors (Lipinski definition) is 2. The molecule has 0 aromatic rings. The molecule has 2 N–H and O–H groups in total. The predicted molar refractivity (Wildman–Crippen MR) is 69.2 cm³/mol. The van der Waals surface area contributed by atoms with Crippen molar-refractivity contribution in [1.29, 1.82) is 0 Å². The molecule has 0 aromatic heterocycles. The van der Waals surface area contributed by atoms with Gasteiger partial charge in [0, 0.05) is 25.7 Å². The highest BCUT2D eigenvalue weighted by Gasteiger charge is 2.42. The number of amides is 2. The molecule has 0 unspecified atom stereocenters. The van der Waals surface area contributed by atoms with E-state index in [9.17, 15) is 4.79 Å². The average molecular weight is 252 g/mol. The molecule has 0 bridgehead atoms. The SMILES string of the molecule is O=C(NC(C1CC1)C1CC1)N1CCC(CO)CC1. The van der Waals surface area contributed by atoms with Gasteiger partial charge in [-0.05, 0) is 56.3 Å². The number of aliphatic hydroxyl groups excluding tert-OH is 1. The number of nitrogens with zero attached hydrogens (tertiary/aromatic N) is 1. The summed E-state index contributed by atoms with van der Waals surface area (Å²) in [5, 5.41) is 12.4. The fourth-order valence-electron chi connectivity index (χ4n) is 3.08. The second kappa shape index (κ2) is 5.08. The van der Waals surface area contributed by atoms with Gasteiger partial charge < -0.3 is 15.3 Å². The number of carbonyl (C=O) groups excluding carboxylic acids is 1. The Morgan fingerprint density at radius 1 is 1.11 bits per heavy atom. The van der Waals surface area contributed by atoms with Crippen molar-refractivity contribution in [3.05, 3.63) is 0 Å². The van der Waals surface area contributed by atoms with E-state index in [4.69, 9.17) is 5.11 Å². The Balaban J connectivity index is 1.48. The van der Waals surface area contributed by atoms with Crippen molar-refractivity contribution in [2.45, 2.75) is 44.6 Å². The molecular weight excluding hydrogens is 228 g/mol. The van der Waals surface area contributed by atoms with Gasteiger partial charge in [0.1, 0.15) is 0 Å². The Hall–Kier alpha value is -0.770. The third-order valence-electron chi connectivity index (χ3n) is 4.71. The van der Waals surface area contributed by atoms with E-state index in [1.807, 2.05) is 4.90 Å². The van der Waals surface area contributed by atoms with Crippen LogP contribution in [0.3, 0.4) is 0 Å². The van der Waals surface area contributed by atoms with Crippen LogP contribution in [-0.4, -0.2) is 41.8 Å². The van der Waals surface area contributed by atoms with Crippen LogP contribution in [-0.2, 0) is 0 Å². The van der Waals surface area contributed by atoms with Crippen LogP contribution < -0.4 is 5.32 Å². The van der Waals surface area contributed by atoms with E-state index in [1.165, 1.54) is 25.7 Å². The Morgan fingerprint density at radius 2 is 1.67 bits per heavy atom. The average Bonchev–Trinajstić information content (AvgIpc) is 3.29. The zero-order valence-electron chi connectivity index (χ0n) is 11.0. The zero-order valence-corrected chi connectivity index (χ0v) is 11.0. The van der Waals surface area contributed by atoms with Crippen LogP contribution in [0.5, 0.6) is 0 Å². The first-order valence-electron chi connectivity index (χ1n) is 7.44. The summed E-state index contributed by atoms with van der Waals surface area (Å²) in [6.45, 7) is 1.88. The second-order valence-corrected chi connectivity index (χ2v) is 6.26. The molecule has 3 aliphatic rings. The molecule has 2 aliphatic carbocycles. The van der Waals surface area contributed by atoms with Crippen LogP contribution in [0.15, 0.2) is 0 Å². The van der Waals surface area contributed by atoms with E-state index in [-0.39, 0.29) is 12.6 Å². The third kappa shape index (κ3) is 2.79. The van der Waals surface area contributed by atoms with Crippen LogP contribution in [0, 0.1) is 17.8 Å². The van der Waals surface area contributed by atoms with Gasteiger partial charge in [0.15, 0.2) is 0 Å². The van der Waals surface area contributed by atoms with Gasteiger partial charge in [-0.1, -0.05) is 0 Å². The summed E-state index contributed by atoms with van der Waals surface area (Å²) >= 11 is 0. The molecular formula is C14H24N2O2. The molecule has 0 spiro atoms. The summed E-state index contributed by atoms with van der Waals surface area (Å²) in [7, 11) is 0. The van der Waals surface area contributed by atoms with Gasteiger partial charge in [-0.25, -0.2) is 4.79 Å². The number of carbonyl (C=O) groups is 1. The molecule has 0 atom stereocenters. The molecule has 1 aliphatic heterocycles. The van der Waals surface area contributed by atoms with Gasteiger partial charge in [-0.2, -0.15) is 0 Å². The monoisotopic (exact) mass is 252 g/mol. The smallest absolute Gasteiger partial charge is 0.317 e. The van der Waals surface area contributed by atoms with E-state index in [2.05, 4.69) is 5.32 Å². The van der Waals surface area contributed by atoms with Gasteiger partial charge in [0.05, 0.1) is 0 Å². The Morgan fingerprint density at radius 3 is 2.11 bits per heavy atom. The maximum atomic E-state index is 12.2. The lowest BCUT2D eigenvalue weighted by molar-refractivity contribution is 0.134. The fourth-order valence-corrected chi connectivity index (χ4v) is 3.08. The van der Waals surface area contributed by atoms with Crippen LogP contribution in [0.4, 0.5) is 4.79 Å². The van der Waals surface area contributed by atoms with Crippen LogP contribution in [0.2, 0.25) is 0 Å². The molecule has 2 saturated carbocycles. The summed E-state index contributed by atoms with van der Waals surface area (Å²) in [5.74, 6) is 1.92. The van der Waals surface area contributed by atoms with Crippen molar-refractivity contribution < 1.29 is 9.90 Å². The molecule has 0 aromatic carbocycles. The molecule has 3 rings (SSSR count). The topological polar surface area (TPSA) is 52.6 Å². The molecule has 4 heteroatoms. The van der Waals surface area contributed by atoms with Gasteiger partial charge in [-0.3, -0.25) is 0 Å². The highest BCUT2D eigenvalue weighted by Crippen LogP contribution is 2.44. The molecule has 102 valence electrons. The number of rotatable bonds is 4. The summed E-state index contributed by atoms with van der Waals surface area (Å²) in [6.07, 6.45) is 7.09. The summed E-state index contributed by atoms with van der Waals surface area (Å²) in [5.41, 5.74) is 0. The predicted octanol–water partition coefficient (Wildman–Crippen LogP) is 1.59. The van der Waals surface area contributed by atoms with Crippen molar-refractivity contribution >= 4 is 6.03 Å². The van der Waals surface area contributed by atoms with Crippen LogP contribution in [0.1, 0.15) is 38.5 Å². The normalized spacial score (nSPS) is 25.6. The third-order valence-corrected chi connectivity index (χ3v) is 4.71. The lowest BCUT2D eigenvalue weighted by atomic mass is 9.98. The van der Waals surface area contributed by atoms with E-state index in [0.29, 0.717) is 12.0 Å². The number of aliphatic hydroxyl groups is 1. The Bertz CT molecular complexity index is 293. The van der Waals surface area contributed by atoms with Crippen molar-refractivity contribution in [1.82, 2.24) is 10.2 Å². The standard InChI is InChI=1S/C14H24N2O2/c17-9-10-5-7-16(8-6-10)14(18)15-13(11-1-2-11)12-3-4-12/h10-13,17H,1-9H2,(H,15,18). The van der Waals surface area contributed by atoms with Gasteiger partial charge in [-0.15, -0.1) is 0 Å². The lowest BCUT2D eigenvalue weighted by Crippen LogP contribution is -2.49. The quantitative estimate of drug-likeness (QED) is 0.798. The minimum Gasteiger partial charge on any atom is -0.396 e. The highest BCUT2D eigenvalue weighted by atomic mass is 16.3. The first-order valence-corrected chi connectivity index (χ1v) is 7.44. The summed E-state index contributed by atoms with van der Waals surface area (Å²) < 4.78 is 0. The Kier molecular flexibility index (Phi) is 3.46. The molecule has 3 fully saturated rings. The highest BCUT2D eigenvalue weighted by molar-refractivity contribution is 5.74. The molecule has 1 heterocycles. The van der Waals surface area contributed by atoms with Gasteiger partial charge >= 0.3 is 6.03 Å². The maximum absolute atomic E-state index is 12.2. The summed E-state index contributed by atoms with van der Waals surface area (Å²) in [6, 6.07) is 0.586. The first-order chi connectivity index (χ1) is 8.78. The Labute approximate surface area is 109 Å².